The summed E-state index contributed by atoms with van der Waals surface area (Å²) in [6.45, 7) is 0. The molecule has 1 aromatic carbocycles. The normalized spacial score (nSPS) is 11.9. The fourth-order valence-corrected chi connectivity index (χ4v) is 1.08. The fraction of sp³-hybridized carbons (Fsp3) is 0.222. The molecule has 0 heterocycles. The number of Topliss-reactive ketones (excluding diaryl/α,β-unsaturated/α-hetero) is 1. The molecule has 0 saturated heterocycles. The molecular weight excluding hydrogens is 238 g/mol. The van der Waals surface area contributed by atoms with Gasteiger partial charge in [-0.15, -0.1) is 0 Å². The number of ketones is 1. The van der Waals surface area contributed by atoms with Crippen LogP contribution in [0.4, 0.5) is 26.3 Å². The topological polar surface area (TPSA) is 17.1 Å². The van der Waals surface area contributed by atoms with Crippen molar-refractivity contribution in [1.82, 2.24) is 0 Å². The molecule has 7 heteroatoms. The lowest BCUT2D eigenvalue weighted by Gasteiger charge is -2.11. The molecule has 0 bridgehead atoms. The Labute approximate surface area is 85.7 Å². The number of halogens is 6. The van der Waals surface area contributed by atoms with Crippen molar-refractivity contribution in [3.8, 4) is 0 Å². The molecule has 1 rings (SSSR count). The lowest BCUT2D eigenvalue weighted by atomic mass is 10.0. The first-order valence-electron chi connectivity index (χ1n) is 3.92. The van der Waals surface area contributed by atoms with Gasteiger partial charge in [0.15, 0.2) is 0 Å². The zero-order valence-corrected chi connectivity index (χ0v) is 7.49. The molecule has 0 N–H and O–H groups in total. The Balaban J connectivity index is 3.34. The smallest absolute Gasteiger partial charge is 0.288 e. The maximum atomic E-state index is 12.5. The molecule has 88 valence electrons. The van der Waals surface area contributed by atoms with Gasteiger partial charge in [0.25, 0.3) is 0 Å². The minimum absolute atomic E-state index is 0.00954. The lowest BCUT2D eigenvalue weighted by molar-refractivity contribution is -0.138. The van der Waals surface area contributed by atoms with E-state index in [0.717, 1.165) is 0 Å². The summed E-state index contributed by atoms with van der Waals surface area (Å²) in [5, 5.41) is 0. The van der Waals surface area contributed by atoms with Crippen LogP contribution in [-0.2, 0) is 6.18 Å². The van der Waals surface area contributed by atoms with E-state index in [2.05, 4.69) is 0 Å². The van der Waals surface area contributed by atoms with Crippen molar-refractivity contribution in [1.29, 1.82) is 0 Å². The Kier molecular flexibility index (Phi) is 3.25. The average molecular weight is 242 g/mol. The number of rotatable bonds is 2. The van der Waals surface area contributed by atoms with Crippen LogP contribution in [0.25, 0.3) is 0 Å². The maximum absolute atomic E-state index is 12.5. The average Bonchev–Trinajstić information content (AvgIpc) is 2.15. The van der Waals surface area contributed by atoms with E-state index in [9.17, 15) is 31.1 Å². The third-order valence-corrected chi connectivity index (χ3v) is 1.75. The van der Waals surface area contributed by atoms with E-state index < -0.39 is 35.3 Å². The number of carbonyl (C=O) groups is 1. The number of hydrogen-bond donors (Lipinski definition) is 0. The first-order valence-corrected chi connectivity index (χ1v) is 3.92. The van der Waals surface area contributed by atoms with Crippen molar-refractivity contribution in [2.75, 3.05) is 0 Å². The number of benzene rings is 1. The van der Waals surface area contributed by atoms with Gasteiger partial charge in [-0.25, -0.2) is 13.2 Å². The molecular formula is C9H4F6O. The van der Waals surface area contributed by atoms with Crippen molar-refractivity contribution in [3.05, 3.63) is 35.1 Å². The van der Waals surface area contributed by atoms with Crippen LogP contribution in [0.2, 0.25) is 0 Å². The van der Waals surface area contributed by atoms with Crippen molar-refractivity contribution >= 4 is 5.78 Å². The van der Waals surface area contributed by atoms with E-state index >= 15 is 0 Å². The predicted molar refractivity (Wildman–Crippen MR) is 41.7 cm³/mol. The standard InChI is InChI=1S/C9H4F6O/c10-4-1-2-5(7(16)8(11)12)6(3-4)9(13,14)15/h1-3,8H. The molecule has 1 aromatic rings. The molecule has 0 aliphatic rings. The Morgan fingerprint density at radius 1 is 1.19 bits per heavy atom. The zero-order valence-electron chi connectivity index (χ0n) is 7.49. The molecule has 0 aromatic heterocycles. The predicted octanol–water partition coefficient (Wildman–Crippen LogP) is 3.29. The summed E-state index contributed by atoms with van der Waals surface area (Å²) in [6.07, 6.45) is -8.62. The van der Waals surface area contributed by atoms with Crippen LogP contribution in [0.5, 0.6) is 0 Å². The van der Waals surface area contributed by atoms with Crippen LogP contribution in [0.3, 0.4) is 0 Å². The summed E-state index contributed by atoms with van der Waals surface area (Å²) >= 11 is 0. The molecule has 1 nitrogen and oxygen atoms in total. The molecule has 0 amide bonds. The van der Waals surface area contributed by atoms with Crippen LogP contribution in [-0.4, -0.2) is 12.2 Å². The summed E-state index contributed by atoms with van der Waals surface area (Å²) in [4.78, 5) is 10.8. The van der Waals surface area contributed by atoms with Crippen LogP contribution >= 0.6 is 0 Å². The van der Waals surface area contributed by atoms with Gasteiger partial charge in [0, 0.05) is 5.56 Å². The van der Waals surface area contributed by atoms with Gasteiger partial charge < -0.3 is 0 Å². The summed E-state index contributed by atoms with van der Waals surface area (Å²) < 4.78 is 73.4. The maximum Gasteiger partial charge on any atom is 0.417 e. The molecule has 0 unspecified atom stereocenters. The molecule has 0 spiro atoms. The number of hydrogen-bond acceptors (Lipinski definition) is 1. The quantitative estimate of drug-likeness (QED) is 0.574. The summed E-state index contributed by atoms with van der Waals surface area (Å²) in [7, 11) is 0. The molecule has 0 saturated carbocycles. The van der Waals surface area contributed by atoms with Crippen LogP contribution in [0.1, 0.15) is 15.9 Å². The molecule has 0 fully saturated rings. The summed E-state index contributed by atoms with van der Waals surface area (Å²) in [5.41, 5.74) is -2.93. The SMILES string of the molecule is O=C(c1ccc(F)cc1C(F)(F)F)C(F)F. The highest BCUT2D eigenvalue weighted by Crippen LogP contribution is 2.33. The molecule has 16 heavy (non-hydrogen) atoms. The molecule has 0 radical (unpaired) electrons. The minimum Gasteiger partial charge on any atom is -0.288 e. The first kappa shape index (κ1) is 12.5. The Morgan fingerprint density at radius 2 is 1.75 bits per heavy atom. The van der Waals surface area contributed by atoms with E-state index in [0.29, 0.717) is 12.1 Å². The number of alkyl halides is 5. The van der Waals surface area contributed by atoms with Gasteiger partial charge in [-0.2, -0.15) is 13.2 Å². The highest BCUT2D eigenvalue weighted by Gasteiger charge is 2.37. The molecule has 0 atom stereocenters. The van der Waals surface area contributed by atoms with Gasteiger partial charge in [0.2, 0.25) is 5.78 Å². The van der Waals surface area contributed by atoms with Crippen LogP contribution in [0.15, 0.2) is 18.2 Å². The molecule has 0 aliphatic heterocycles. The van der Waals surface area contributed by atoms with Gasteiger partial charge in [-0.3, -0.25) is 4.79 Å². The Morgan fingerprint density at radius 3 is 2.19 bits per heavy atom. The van der Waals surface area contributed by atoms with Gasteiger partial charge in [-0.1, -0.05) is 0 Å². The van der Waals surface area contributed by atoms with Crippen molar-refractivity contribution in [3.63, 3.8) is 0 Å². The van der Waals surface area contributed by atoms with E-state index in [-0.39, 0.29) is 6.07 Å². The van der Waals surface area contributed by atoms with Crippen LogP contribution in [0, 0.1) is 5.82 Å². The van der Waals surface area contributed by atoms with Gasteiger partial charge in [0.05, 0.1) is 5.56 Å². The Bertz CT molecular complexity index is 409. The van der Waals surface area contributed by atoms with Crippen LogP contribution < -0.4 is 0 Å². The fourth-order valence-electron chi connectivity index (χ4n) is 1.08. The second-order valence-electron chi connectivity index (χ2n) is 2.85. The van der Waals surface area contributed by atoms with E-state index in [1.807, 2.05) is 0 Å². The minimum atomic E-state index is -5.05. The van der Waals surface area contributed by atoms with Gasteiger partial charge >= 0.3 is 12.6 Å². The van der Waals surface area contributed by atoms with E-state index in [1.165, 1.54) is 0 Å². The lowest BCUT2D eigenvalue weighted by Crippen LogP contribution is -2.18. The molecule has 0 aliphatic carbocycles. The second-order valence-corrected chi connectivity index (χ2v) is 2.85. The monoisotopic (exact) mass is 242 g/mol. The van der Waals surface area contributed by atoms with E-state index in [1.54, 1.807) is 0 Å². The van der Waals surface area contributed by atoms with E-state index in [4.69, 9.17) is 0 Å². The van der Waals surface area contributed by atoms with Crippen molar-refractivity contribution in [2.24, 2.45) is 0 Å². The highest BCUT2D eigenvalue weighted by molar-refractivity contribution is 5.99. The summed E-state index contributed by atoms with van der Waals surface area (Å²) in [6, 6.07) is 0.924. The van der Waals surface area contributed by atoms with Gasteiger partial charge in [-0.05, 0) is 18.2 Å². The third-order valence-electron chi connectivity index (χ3n) is 1.75. The van der Waals surface area contributed by atoms with Crippen molar-refractivity contribution < 1.29 is 31.1 Å². The van der Waals surface area contributed by atoms with Gasteiger partial charge in [0.1, 0.15) is 5.82 Å². The second kappa shape index (κ2) is 4.15. The van der Waals surface area contributed by atoms with Crippen molar-refractivity contribution in [2.45, 2.75) is 12.6 Å². The zero-order chi connectivity index (χ0) is 12.5. The first-order chi connectivity index (χ1) is 7.23. The number of carbonyl (C=O) groups excluding carboxylic acids is 1. The highest BCUT2D eigenvalue weighted by atomic mass is 19.4. The largest absolute Gasteiger partial charge is 0.417 e. The summed E-state index contributed by atoms with van der Waals surface area (Å²) in [5.74, 6) is -3.23. The third kappa shape index (κ3) is 2.53. The Hall–Kier alpha value is -1.53.